The number of carbonyl (C=O) groups excluding carboxylic acids is 2. The van der Waals surface area contributed by atoms with Gasteiger partial charge in [0.2, 0.25) is 11.8 Å². The molecule has 0 spiro atoms. The van der Waals surface area contributed by atoms with Gasteiger partial charge in [0.1, 0.15) is 0 Å². The summed E-state index contributed by atoms with van der Waals surface area (Å²) in [6.07, 6.45) is 0.889. The number of aryl methyl sites for hydroxylation is 1. The Hall–Kier alpha value is -2.35. The zero-order valence-electron chi connectivity index (χ0n) is 18.2. The van der Waals surface area contributed by atoms with Crippen LogP contribution in [0.3, 0.4) is 0 Å². The highest BCUT2D eigenvalue weighted by Gasteiger charge is 2.69. The van der Waals surface area contributed by atoms with E-state index >= 15 is 0 Å². The van der Waals surface area contributed by atoms with Crippen LogP contribution in [0.5, 0.6) is 0 Å². The Morgan fingerprint density at radius 1 is 0.941 bits per heavy atom. The number of thioether (sulfide) groups is 1. The summed E-state index contributed by atoms with van der Waals surface area (Å²) in [6.45, 7) is 1.99. The summed E-state index contributed by atoms with van der Waals surface area (Å²) in [4.78, 5) is 45.1. The van der Waals surface area contributed by atoms with Crippen LogP contribution in [0.4, 0.5) is 5.69 Å². The fourth-order valence-electron chi connectivity index (χ4n) is 7.01. The molecule has 3 aromatic rings. The number of thiazole rings is 1. The van der Waals surface area contributed by atoms with Gasteiger partial charge in [-0.2, -0.15) is 0 Å². The number of anilines is 1. The van der Waals surface area contributed by atoms with E-state index in [1.807, 2.05) is 55.5 Å². The van der Waals surface area contributed by atoms with Crippen molar-refractivity contribution in [3.63, 3.8) is 0 Å². The fraction of sp³-hybridized carbons (Fsp3) is 0.346. The van der Waals surface area contributed by atoms with E-state index in [9.17, 15) is 14.4 Å². The number of nitrogens with zero attached hydrogens (tertiary/aromatic N) is 1. The highest BCUT2D eigenvalue weighted by atomic mass is 35.5. The number of rotatable bonds is 2. The SMILES string of the molecule is Cc1ccc(N2C(=O)[C@@H]3[C@H]4C[C@@H]([C@@H]3C2=O)[C@@H]2[C@H](c3ccc(Cl)cc3)c3sc(=O)[nH]c3S[C@@H]42)cc1. The van der Waals surface area contributed by atoms with E-state index in [0.29, 0.717) is 10.7 Å². The van der Waals surface area contributed by atoms with Crippen LogP contribution in [-0.2, 0) is 9.59 Å². The molecule has 4 aliphatic rings. The van der Waals surface area contributed by atoms with Crippen molar-refractivity contribution in [2.24, 2.45) is 29.6 Å². The molecule has 3 fully saturated rings. The maximum Gasteiger partial charge on any atom is 0.305 e. The van der Waals surface area contributed by atoms with Gasteiger partial charge in [0.15, 0.2) is 0 Å². The third-order valence-electron chi connectivity index (χ3n) is 8.25. The summed E-state index contributed by atoms with van der Waals surface area (Å²) in [7, 11) is 0. The van der Waals surface area contributed by atoms with Crippen molar-refractivity contribution in [2.45, 2.75) is 29.5 Å². The molecule has 2 bridgehead atoms. The average molecular weight is 509 g/mol. The minimum absolute atomic E-state index is 0.0229. The molecular weight excluding hydrogens is 488 g/mol. The molecule has 8 heteroatoms. The molecule has 5 nitrogen and oxygen atoms in total. The highest BCUT2D eigenvalue weighted by Crippen LogP contribution is 2.68. The van der Waals surface area contributed by atoms with Gasteiger partial charge >= 0.3 is 4.87 Å². The summed E-state index contributed by atoms with van der Waals surface area (Å²) in [5.41, 5.74) is 2.88. The predicted molar refractivity (Wildman–Crippen MR) is 134 cm³/mol. The van der Waals surface area contributed by atoms with Gasteiger partial charge in [0.25, 0.3) is 0 Å². The van der Waals surface area contributed by atoms with E-state index in [0.717, 1.165) is 27.5 Å². The molecule has 2 aliphatic carbocycles. The van der Waals surface area contributed by atoms with Crippen molar-refractivity contribution >= 4 is 52.2 Å². The second kappa shape index (κ2) is 7.33. The molecule has 3 heterocycles. The number of aromatic nitrogens is 1. The van der Waals surface area contributed by atoms with Gasteiger partial charge in [-0.3, -0.25) is 19.3 Å². The van der Waals surface area contributed by atoms with Gasteiger partial charge in [-0.15, -0.1) is 11.8 Å². The first-order valence-corrected chi connectivity index (χ1v) is 13.6. The minimum atomic E-state index is -0.285. The van der Waals surface area contributed by atoms with E-state index in [-0.39, 0.29) is 57.4 Å². The Kier molecular flexibility index (Phi) is 4.52. The maximum absolute atomic E-state index is 13.7. The third-order valence-corrected chi connectivity index (χ3v) is 11.1. The molecular formula is C26H21ClN2O3S2. The zero-order valence-corrected chi connectivity index (χ0v) is 20.6. The molecule has 34 heavy (non-hydrogen) atoms. The Morgan fingerprint density at radius 3 is 2.32 bits per heavy atom. The Balaban J connectivity index is 1.32. The van der Waals surface area contributed by atoms with Crippen molar-refractivity contribution in [1.29, 1.82) is 0 Å². The highest BCUT2D eigenvalue weighted by molar-refractivity contribution is 8.00. The first-order chi connectivity index (χ1) is 16.4. The first kappa shape index (κ1) is 21.0. The van der Waals surface area contributed by atoms with Crippen LogP contribution in [-0.4, -0.2) is 22.0 Å². The number of imide groups is 1. The monoisotopic (exact) mass is 508 g/mol. The Labute approximate surface area is 209 Å². The largest absolute Gasteiger partial charge is 0.307 e. The lowest BCUT2D eigenvalue weighted by Crippen LogP contribution is -2.42. The van der Waals surface area contributed by atoms with Crippen molar-refractivity contribution < 1.29 is 9.59 Å². The quantitative estimate of drug-likeness (QED) is 0.490. The first-order valence-electron chi connectivity index (χ1n) is 11.5. The van der Waals surface area contributed by atoms with Gasteiger partial charge in [0, 0.05) is 21.1 Å². The molecule has 0 radical (unpaired) electrons. The second-order valence-electron chi connectivity index (χ2n) is 9.86. The summed E-state index contributed by atoms with van der Waals surface area (Å²) in [5, 5.41) is 1.79. The zero-order chi connectivity index (χ0) is 23.3. The van der Waals surface area contributed by atoms with E-state index in [1.54, 1.807) is 11.8 Å². The molecule has 1 aromatic heterocycles. The lowest BCUT2D eigenvalue weighted by Gasteiger charge is -2.43. The number of amides is 2. The normalized spacial score (nSPS) is 33.2. The molecule has 172 valence electrons. The predicted octanol–water partition coefficient (Wildman–Crippen LogP) is 5.08. The molecule has 0 unspecified atom stereocenters. The third kappa shape index (κ3) is 2.77. The Morgan fingerprint density at radius 2 is 1.62 bits per heavy atom. The number of hydrogen-bond acceptors (Lipinski definition) is 5. The van der Waals surface area contributed by atoms with Crippen molar-refractivity contribution in [3.8, 4) is 0 Å². The number of carbonyl (C=O) groups is 2. The fourth-order valence-corrected chi connectivity index (χ4v) is 10.0. The molecule has 1 saturated heterocycles. The molecule has 2 amide bonds. The van der Waals surface area contributed by atoms with Crippen LogP contribution in [0.2, 0.25) is 5.02 Å². The number of fused-ring (bicyclic) bond motifs is 9. The van der Waals surface area contributed by atoms with E-state index in [2.05, 4.69) is 4.98 Å². The average Bonchev–Trinajstić information content (AvgIpc) is 3.54. The van der Waals surface area contributed by atoms with Gasteiger partial charge in [-0.1, -0.05) is 52.8 Å². The Bertz CT molecular complexity index is 1400. The van der Waals surface area contributed by atoms with Crippen LogP contribution in [0.15, 0.2) is 58.4 Å². The molecule has 1 N–H and O–H groups in total. The number of nitrogens with one attached hydrogen (secondary N) is 1. The maximum atomic E-state index is 13.7. The van der Waals surface area contributed by atoms with Crippen LogP contribution in [0.25, 0.3) is 0 Å². The summed E-state index contributed by atoms with van der Waals surface area (Å²) >= 11 is 9.16. The van der Waals surface area contributed by atoms with Crippen LogP contribution in [0.1, 0.15) is 28.3 Å². The van der Waals surface area contributed by atoms with E-state index in [4.69, 9.17) is 11.6 Å². The van der Waals surface area contributed by atoms with Crippen molar-refractivity contribution in [2.75, 3.05) is 4.90 Å². The number of aromatic amines is 1. The number of H-pyrrole nitrogens is 1. The topological polar surface area (TPSA) is 70.2 Å². The van der Waals surface area contributed by atoms with Crippen LogP contribution >= 0.6 is 34.7 Å². The lowest BCUT2D eigenvalue weighted by atomic mass is 9.68. The standard InChI is InChI=1S/C26H21ClN2O3S2/c1-11-2-8-14(9-3-11)29-24(30)19-15-10-16(20(19)25(29)31)21-18(15)17(12-4-6-13(27)7-5-12)22-23(33-21)28-26(32)34-22/h2-9,15-21H,10H2,1H3,(H,28,32)/t15-,16-,17+,18-,19+,20-,21+/m1/s1. The van der Waals surface area contributed by atoms with Gasteiger partial charge < -0.3 is 4.98 Å². The van der Waals surface area contributed by atoms with Gasteiger partial charge in [0.05, 0.1) is 22.5 Å². The van der Waals surface area contributed by atoms with E-state index in [1.165, 1.54) is 16.2 Å². The molecule has 7 atom stereocenters. The summed E-state index contributed by atoms with van der Waals surface area (Å²) in [5.74, 6) is -0.205. The molecule has 2 saturated carbocycles. The number of benzene rings is 2. The van der Waals surface area contributed by atoms with Gasteiger partial charge in [-0.05, 0) is 60.9 Å². The van der Waals surface area contributed by atoms with E-state index < -0.39 is 0 Å². The van der Waals surface area contributed by atoms with Crippen LogP contribution in [0, 0.1) is 36.5 Å². The second-order valence-corrected chi connectivity index (χ2v) is 12.5. The molecule has 7 rings (SSSR count). The summed E-state index contributed by atoms with van der Waals surface area (Å²) in [6, 6.07) is 15.5. The number of halogens is 1. The van der Waals surface area contributed by atoms with Crippen molar-refractivity contribution in [3.05, 3.63) is 79.2 Å². The lowest BCUT2D eigenvalue weighted by molar-refractivity contribution is -0.123. The van der Waals surface area contributed by atoms with Gasteiger partial charge in [-0.25, -0.2) is 0 Å². The summed E-state index contributed by atoms with van der Waals surface area (Å²) < 4.78 is 0. The van der Waals surface area contributed by atoms with Crippen molar-refractivity contribution in [1.82, 2.24) is 4.98 Å². The molecule has 2 aromatic carbocycles. The van der Waals surface area contributed by atoms with Crippen LogP contribution < -0.4 is 9.77 Å². The number of hydrogen-bond donors (Lipinski definition) is 1. The molecule has 2 aliphatic heterocycles. The minimum Gasteiger partial charge on any atom is -0.307 e. The smallest absolute Gasteiger partial charge is 0.305 e.